The van der Waals surface area contributed by atoms with Gasteiger partial charge in [-0.1, -0.05) is 30.3 Å². The van der Waals surface area contributed by atoms with Gasteiger partial charge < -0.3 is 14.2 Å². The van der Waals surface area contributed by atoms with Gasteiger partial charge in [-0.05, 0) is 24.3 Å². The minimum Gasteiger partial charge on any atom is -0.497 e. The molecule has 0 saturated carbocycles. The van der Waals surface area contributed by atoms with Crippen LogP contribution in [0, 0.1) is 0 Å². The molecule has 0 heterocycles. The number of esters is 1. The Hall–Kier alpha value is -2.49. The van der Waals surface area contributed by atoms with Gasteiger partial charge in [0.05, 0.1) is 14.2 Å². The number of hydrogen-bond donors (Lipinski definition) is 0. The Morgan fingerprint density at radius 2 is 1.65 bits per heavy atom. The summed E-state index contributed by atoms with van der Waals surface area (Å²) in [6.07, 6.45) is -0.822. The molecule has 0 aliphatic carbocycles. The Bertz CT molecular complexity index is 566. The van der Waals surface area contributed by atoms with Crippen LogP contribution in [0.4, 0.5) is 0 Å². The third kappa shape index (κ3) is 3.29. The van der Waals surface area contributed by atoms with Gasteiger partial charge in [0.1, 0.15) is 11.5 Å². The molecule has 0 saturated heterocycles. The summed E-state index contributed by atoms with van der Waals surface area (Å²) in [4.78, 5) is 11.9. The van der Waals surface area contributed by atoms with Crippen LogP contribution in [0.3, 0.4) is 0 Å². The molecule has 0 spiro atoms. The number of carbonyl (C=O) groups is 1. The molecule has 0 fully saturated rings. The summed E-state index contributed by atoms with van der Waals surface area (Å²) in [7, 11) is 2.91. The molecule has 0 aromatic heterocycles. The number of methoxy groups -OCH3 is 2. The van der Waals surface area contributed by atoms with E-state index in [2.05, 4.69) is 0 Å². The fourth-order valence-corrected chi connectivity index (χ4v) is 1.80. The van der Waals surface area contributed by atoms with Crippen molar-refractivity contribution in [1.82, 2.24) is 0 Å². The Morgan fingerprint density at radius 1 is 0.950 bits per heavy atom. The Kier molecular flexibility index (Phi) is 4.60. The fourth-order valence-electron chi connectivity index (χ4n) is 1.80. The van der Waals surface area contributed by atoms with E-state index >= 15 is 0 Å². The average Bonchev–Trinajstić information content (AvgIpc) is 2.53. The monoisotopic (exact) mass is 272 g/mol. The molecule has 4 heteroatoms. The first-order valence-corrected chi connectivity index (χ1v) is 6.18. The van der Waals surface area contributed by atoms with E-state index in [1.165, 1.54) is 7.11 Å². The molecule has 1 atom stereocenters. The summed E-state index contributed by atoms with van der Waals surface area (Å²) < 4.78 is 15.7. The normalized spacial score (nSPS) is 11.5. The predicted octanol–water partition coefficient (Wildman–Crippen LogP) is 2.99. The summed E-state index contributed by atoms with van der Waals surface area (Å²) in [5.41, 5.74) is 0.681. The van der Waals surface area contributed by atoms with Gasteiger partial charge in [0.25, 0.3) is 0 Å². The van der Waals surface area contributed by atoms with Gasteiger partial charge in [-0.3, -0.25) is 0 Å². The second-order valence-electron chi connectivity index (χ2n) is 4.11. The van der Waals surface area contributed by atoms with E-state index in [9.17, 15) is 4.79 Å². The van der Waals surface area contributed by atoms with E-state index in [0.717, 1.165) is 0 Å². The third-order valence-electron chi connectivity index (χ3n) is 2.81. The van der Waals surface area contributed by atoms with Crippen molar-refractivity contribution in [3.63, 3.8) is 0 Å². The van der Waals surface area contributed by atoms with Crippen LogP contribution >= 0.6 is 0 Å². The molecule has 0 aliphatic rings. The topological polar surface area (TPSA) is 44.8 Å². The standard InChI is InChI=1S/C16H16O4/c1-18-14-10-6-7-12(11-14)15(16(17)19-2)20-13-8-4-3-5-9-13/h3-11,15H,1-2H3. The Morgan fingerprint density at radius 3 is 2.30 bits per heavy atom. The van der Waals surface area contributed by atoms with Gasteiger partial charge in [-0.25, -0.2) is 4.79 Å². The van der Waals surface area contributed by atoms with Gasteiger partial charge in [0.15, 0.2) is 0 Å². The number of para-hydroxylation sites is 1. The molecule has 20 heavy (non-hydrogen) atoms. The number of rotatable bonds is 5. The highest BCUT2D eigenvalue weighted by Gasteiger charge is 2.24. The number of carbonyl (C=O) groups excluding carboxylic acids is 1. The lowest BCUT2D eigenvalue weighted by molar-refractivity contribution is -0.149. The highest BCUT2D eigenvalue weighted by molar-refractivity contribution is 5.77. The molecule has 0 bridgehead atoms. The first kappa shape index (κ1) is 13.9. The van der Waals surface area contributed by atoms with Crippen LogP contribution in [0.5, 0.6) is 11.5 Å². The van der Waals surface area contributed by atoms with Crippen LogP contribution in [0.1, 0.15) is 11.7 Å². The van der Waals surface area contributed by atoms with Crippen molar-refractivity contribution >= 4 is 5.97 Å². The largest absolute Gasteiger partial charge is 0.497 e. The summed E-state index contributed by atoms with van der Waals surface area (Å²) in [6, 6.07) is 16.3. The van der Waals surface area contributed by atoms with E-state index in [1.54, 1.807) is 43.5 Å². The Balaban J connectivity index is 2.29. The summed E-state index contributed by atoms with van der Waals surface area (Å²) in [6.45, 7) is 0. The van der Waals surface area contributed by atoms with Crippen molar-refractivity contribution in [1.29, 1.82) is 0 Å². The zero-order chi connectivity index (χ0) is 14.4. The average molecular weight is 272 g/mol. The number of ether oxygens (including phenoxy) is 3. The molecule has 2 rings (SSSR count). The zero-order valence-electron chi connectivity index (χ0n) is 11.4. The van der Waals surface area contributed by atoms with Gasteiger partial charge in [0.2, 0.25) is 6.10 Å². The smallest absolute Gasteiger partial charge is 0.351 e. The molecule has 0 radical (unpaired) electrons. The minimum atomic E-state index is -0.822. The second-order valence-corrected chi connectivity index (χ2v) is 4.11. The predicted molar refractivity (Wildman–Crippen MR) is 74.8 cm³/mol. The van der Waals surface area contributed by atoms with E-state index in [0.29, 0.717) is 17.1 Å². The third-order valence-corrected chi connectivity index (χ3v) is 2.81. The first-order valence-electron chi connectivity index (χ1n) is 6.18. The van der Waals surface area contributed by atoms with E-state index in [4.69, 9.17) is 14.2 Å². The molecule has 2 aromatic rings. The highest BCUT2D eigenvalue weighted by atomic mass is 16.6. The van der Waals surface area contributed by atoms with Crippen LogP contribution in [0.25, 0.3) is 0 Å². The van der Waals surface area contributed by atoms with E-state index < -0.39 is 12.1 Å². The molecule has 104 valence electrons. The number of hydrogen-bond acceptors (Lipinski definition) is 4. The molecular weight excluding hydrogens is 256 g/mol. The lowest BCUT2D eigenvalue weighted by Crippen LogP contribution is -2.20. The second kappa shape index (κ2) is 6.61. The molecule has 0 amide bonds. The molecule has 1 unspecified atom stereocenters. The highest BCUT2D eigenvalue weighted by Crippen LogP contribution is 2.25. The molecule has 0 aliphatic heterocycles. The molecule has 4 nitrogen and oxygen atoms in total. The van der Waals surface area contributed by atoms with Crippen molar-refractivity contribution in [3.8, 4) is 11.5 Å². The van der Waals surface area contributed by atoms with Crippen LogP contribution in [-0.4, -0.2) is 20.2 Å². The zero-order valence-corrected chi connectivity index (χ0v) is 11.4. The van der Waals surface area contributed by atoms with Crippen LogP contribution in [0.15, 0.2) is 54.6 Å². The fraction of sp³-hybridized carbons (Fsp3) is 0.188. The minimum absolute atomic E-state index is 0.456. The van der Waals surface area contributed by atoms with Crippen molar-refractivity contribution in [2.24, 2.45) is 0 Å². The molecule has 2 aromatic carbocycles. The van der Waals surface area contributed by atoms with Gasteiger partial charge in [0, 0.05) is 5.56 Å². The van der Waals surface area contributed by atoms with E-state index in [-0.39, 0.29) is 0 Å². The van der Waals surface area contributed by atoms with Gasteiger partial charge in [-0.15, -0.1) is 0 Å². The lowest BCUT2D eigenvalue weighted by atomic mass is 10.1. The Labute approximate surface area is 117 Å². The van der Waals surface area contributed by atoms with Crippen molar-refractivity contribution in [3.05, 3.63) is 60.2 Å². The van der Waals surface area contributed by atoms with Crippen LogP contribution < -0.4 is 9.47 Å². The molecule has 0 N–H and O–H groups in total. The maximum Gasteiger partial charge on any atom is 0.351 e. The number of benzene rings is 2. The van der Waals surface area contributed by atoms with Crippen molar-refractivity contribution < 1.29 is 19.0 Å². The summed E-state index contributed by atoms with van der Waals surface area (Å²) in [5, 5.41) is 0. The molecular formula is C16H16O4. The maximum atomic E-state index is 11.9. The quantitative estimate of drug-likeness (QED) is 0.785. The lowest BCUT2D eigenvalue weighted by Gasteiger charge is -2.17. The summed E-state index contributed by atoms with van der Waals surface area (Å²) >= 11 is 0. The van der Waals surface area contributed by atoms with Crippen LogP contribution in [0.2, 0.25) is 0 Å². The summed E-state index contributed by atoms with van der Waals surface area (Å²) in [5.74, 6) is 0.806. The van der Waals surface area contributed by atoms with Gasteiger partial charge in [-0.2, -0.15) is 0 Å². The maximum absolute atomic E-state index is 11.9. The van der Waals surface area contributed by atoms with Crippen molar-refractivity contribution in [2.45, 2.75) is 6.10 Å². The van der Waals surface area contributed by atoms with Gasteiger partial charge >= 0.3 is 5.97 Å². The van der Waals surface area contributed by atoms with E-state index in [1.807, 2.05) is 18.2 Å². The van der Waals surface area contributed by atoms with Crippen molar-refractivity contribution in [2.75, 3.05) is 14.2 Å². The first-order chi connectivity index (χ1) is 9.74. The van der Waals surface area contributed by atoms with Crippen LogP contribution in [-0.2, 0) is 9.53 Å². The SMILES string of the molecule is COC(=O)C(Oc1ccccc1)c1cccc(OC)c1.